The van der Waals surface area contributed by atoms with Crippen LogP contribution in [0, 0.1) is 17.7 Å². The first kappa shape index (κ1) is 31.4. The largest absolute Gasteiger partial charge is 0.469 e. The summed E-state index contributed by atoms with van der Waals surface area (Å²) < 4.78 is 32.7. The molecule has 1 saturated carbocycles. The molecule has 2 fully saturated rings. The van der Waals surface area contributed by atoms with Crippen molar-refractivity contribution in [1.29, 1.82) is 0 Å². The molecule has 4 nitrogen and oxygen atoms in total. The Morgan fingerprint density at radius 1 is 0.977 bits per heavy atom. The zero-order valence-corrected chi connectivity index (χ0v) is 26.9. The van der Waals surface area contributed by atoms with E-state index in [0.717, 1.165) is 31.2 Å². The molecular formula is C37H45FO4Si. The number of unbranched alkanes of at least 4 members (excludes halogenated alkanes) is 1. The van der Waals surface area contributed by atoms with Gasteiger partial charge in [0.1, 0.15) is 5.82 Å². The Balaban J connectivity index is 1.46. The van der Waals surface area contributed by atoms with Crippen molar-refractivity contribution in [3.8, 4) is 0 Å². The van der Waals surface area contributed by atoms with Gasteiger partial charge in [0.05, 0.1) is 19.8 Å². The quantitative estimate of drug-likeness (QED) is 0.0976. The maximum absolute atomic E-state index is 14.0. The van der Waals surface area contributed by atoms with E-state index in [1.54, 1.807) is 12.1 Å². The smallest absolute Gasteiger partial charge is 0.305 e. The van der Waals surface area contributed by atoms with Gasteiger partial charge in [-0.25, -0.2) is 4.39 Å². The molecule has 6 heteroatoms. The molecule has 1 saturated heterocycles. The van der Waals surface area contributed by atoms with E-state index in [-0.39, 0.29) is 40.2 Å². The molecule has 228 valence electrons. The molecule has 3 aromatic carbocycles. The molecule has 0 spiro atoms. The van der Waals surface area contributed by atoms with Gasteiger partial charge < -0.3 is 13.9 Å². The van der Waals surface area contributed by atoms with Gasteiger partial charge in [-0.05, 0) is 64.7 Å². The van der Waals surface area contributed by atoms with Crippen LogP contribution in [0.15, 0.2) is 97.1 Å². The number of hydrogen-bond donors (Lipinski definition) is 0. The number of carbonyl (C=O) groups excluding carboxylic acids is 1. The van der Waals surface area contributed by atoms with Gasteiger partial charge in [0.15, 0.2) is 0 Å². The number of methoxy groups -OCH3 is 1. The Hall–Kier alpha value is -3.06. The van der Waals surface area contributed by atoms with E-state index in [2.05, 4.69) is 93.6 Å². The van der Waals surface area contributed by atoms with Crippen LogP contribution in [-0.4, -0.2) is 40.7 Å². The highest BCUT2D eigenvalue weighted by molar-refractivity contribution is 6.99. The number of carbonyl (C=O) groups is 1. The van der Waals surface area contributed by atoms with Gasteiger partial charge >= 0.3 is 5.97 Å². The first-order valence-corrected chi connectivity index (χ1v) is 17.5. The third kappa shape index (κ3) is 6.28. The summed E-state index contributed by atoms with van der Waals surface area (Å²) in [4.78, 5) is 11.5. The predicted molar refractivity (Wildman–Crippen MR) is 173 cm³/mol. The molecule has 0 N–H and O–H groups in total. The highest BCUT2D eigenvalue weighted by Crippen LogP contribution is 2.57. The van der Waals surface area contributed by atoms with Crippen LogP contribution in [-0.2, 0) is 24.1 Å². The number of fused-ring (bicyclic) bond motifs is 2. The van der Waals surface area contributed by atoms with Gasteiger partial charge in [0.2, 0.25) is 0 Å². The number of allylic oxidation sites excluding steroid dienone is 2. The number of halogens is 1. The number of ether oxygens (including phenoxy) is 2. The first-order chi connectivity index (χ1) is 20.7. The topological polar surface area (TPSA) is 44.8 Å². The monoisotopic (exact) mass is 600 g/mol. The van der Waals surface area contributed by atoms with Gasteiger partial charge in [-0.15, -0.1) is 0 Å². The van der Waals surface area contributed by atoms with Crippen molar-refractivity contribution in [2.24, 2.45) is 11.8 Å². The van der Waals surface area contributed by atoms with Crippen molar-refractivity contribution in [3.63, 3.8) is 0 Å². The van der Waals surface area contributed by atoms with E-state index < -0.39 is 8.32 Å². The lowest BCUT2D eigenvalue weighted by atomic mass is 9.69. The molecule has 43 heavy (non-hydrogen) atoms. The van der Waals surface area contributed by atoms with E-state index in [9.17, 15) is 9.18 Å². The van der Waals surface area contributed by atoms with Gasteiger partial charge in [-0.3, -0.25) is 4.79 Å². The van der Waals surface area contributed by atoms with Crippen LogP contribution in [0.3, 0.4) is 0 Å². The average molecular weight is 601 g/mol. The van der Waals surface area contributed by atoms with Crippen molar-refractivity contribution in [3.05, 3.63) is 108 Å². The summed E-state index contributed by atoms with van der Waals surface area (Å²) in [6, 6.07) is 28.6. The van der Waals surface area contributed by atoms with Gasteiger partial charge in [-0.1, -0.05) is 106 Å². The van der Waals surface area contributed by atoms with E-state index in [1.165, 1.54) is 17.5 Å². The standard InChI is InChI=1S/C37H45FO4Si/c1-36(2,3)43(30-15-9-7-10-16-30,31-17-11-8-12-18-31)42-26-32-33(19-13-5-6-14-20-35(39)40-4)37(25-34(32)41-27-37)28-21-23-29(38)24-22-28/h5,7-13,15-18,21-24,32-34H,6,14,19-20,25-27H2,1-4H3/b13-5-/t32-,33-,34-,37-/m1/s1. The minimum absolute atomic E-state index is 0.0843. The predicted octanol–water partition coefficient (Wildman–Crippen LogP) is 6.96. The van der Waals surface area contributed by atoms with Crippen molar-refractivity contribution in [2.75, 3.05) is 20.3 Å². The normalized spacial score (nSPS) is 23.6. The lowest BCUT2D eigenvalue weighted by molar-refractivity contribution is -0.140. The van der Waals surface area contributed by atoms with Crippen LogP contribution in [0.5, 0.6) is 0 Å². The van der Waals surface area contributed by atoms with Gasteiger partial charge in [0, 0.05) is 24.4 Å². The van der Waals surface area contributed by atoms with E-state index in [1.807, 2.05) is 12.1 Å². The minimum Gasteiger partial charge on any atom is -0.469 e. The van der Waals surface area contributed by atoms with E-state index in [0.29, 0.717) is 19.6 Å². The number of esters is 1. The fourth-order valence-corrected chi connectivity index (χ4v) is 12.2. The first-order valence-electron chi connectivity index (χ1n) is 15.6. The number of benzene rings is 3. The lowest BCUT2D eigenvalue weighted by Gasteiger charge is -2.45. The summed E-state index contributed by atoms with van der Waals surface area (Å²) in [6.45, 7) is 8.17. The summed E-state index contributed by atoms with van der Waals surface area (Å²) in [6.07, 6.45) is 8.35. The second kappa shape index (κ2) is 13.3. The summed E-state index contributed by atoms with van der Waals surface area (Å²) in [7, 11) is -1.29. The molecule has 0 unspecified atom stereocenters. The summed E-state index contributed by atoms with van der Waals surface area (Å²) >= 11 is 0. The zero-order valence-electron chi connectivity index (χ0n) is 25.9. The lowest BCUT2D eigenvalue weighted by Crippen LogP contribution is -2.67. The third-order valence-corrected chi connectivity index (χ3v) is 14.7. The van der Waals surface area contributed by atoms with Gasteiger partial charge in [0.25, 0.3) is 8.32 Å². The van der Waals surface area contributed by atoms with Crippen molar-refractivity contribution < 1.29 is 23.1 Å². The van der Waals surface area contributed by atoms with Crippen LogP contribution in [0.25, 0.3) is 0 Å². The van der Waals surface area contributed by atoms with Crippen LogP contribution in [0.2, 0.25) is 5.04 Å². The molecule has 0 aromatic heterocycles. The molecule has 2 aliphatic rings. The van der Waals surface area contributed by atoms with Crippen LogP contribution < -0.4 is 10.4 Å². The zero-order chi connectivity index (χ0) is 30.5. The molecule has 5 rings (SSSR count). The fourth-order valence-electron chi connectivity index (χ4n) is 7.57. The van der Waals surface area contributed by atoms with E-state index >= 15 is 0 Å². The Kier molecular flexibility index (Phi) is 9.69. The summed E-state index contributed by atoms with van der Waals surface area (Å²) in [5.41, 5.74) is 0.960. The van der Waals surface area contributed by atoms with E-state index in [4.69, 9.17) is 13.9 Å². The second-order valence-corrected chi connectivity index (χ2v) is 17.4. The highest BCUT2D eigenvalue weighted by atomic mass is 28.4. The fraction of sp³-hybridized carbons (Fsp3) is 0.432. The van der Waals surface area contributed by atoms with Crippen LogP contribution >= 0.6 is 0 Å². The highest BCUT2D eigenvalue weighted by Gasteiger charge is 2.60. The average Bonchev–Trinajstić information content (AvgIpc) is 3.58. The third-order valence-electron chi connectivity index (χ3n) is 9.69. The minimum atomic E-state index is -2.72. The van der Waals surface area contributed by atoms with Crippen molar-refractivity contribution in [1.82, 2.24) is 0 Å². The Morgan fingerprint density at radius 2 is 1.60 bits per heavy atom. The number of rotatable bonds is 12. The Bertz CT molecular complexity index is 1330. The molecule has 0 radical (unpaired) electrons. The van der Waals surface area contributed by atoms with Crippen LogP contribution in [0.4, 0.5) is 4.39 Å². The van der Waals surface area contributed by atoms with Crippen molar-refractivity contribution >= 4 is 24.7 Å². The summed E-state index contributed by atoms with van der Waals surface area (Å²) in [5.74, 6) is 0.0867. The molecule has 1 aliphatic carbocycles. The molecule has 1 heterocycles. The second-order valence-electron chi connectivity index (χ2n) is 13.1. The maximum Gasteiger partial charge on any atom is 0.305 e. The Labute approximate surface area is 257 Å². The molecule has 2 bridgehead atoms. The molecule has 3 aromatic rings. The van der Waals surface area contributed by atoms with Crippen LogP contribution in [0.1, 0.15) is 58.4 Å². The number of hydrogen-bond acceptors (Lipinski definition) is 4. The molecule has 1 aliphatic heterocycles. The maximum atomic E-state index is 14.0. The molecule has 4 atom stereocenters. The molecule has 0 amide bonds. The van der Waals surface area contributed by atoms with Gasteiger partial charge in [-0.2, -0.15) is 0 Å². The SMILES string of the molecule is COC(=O)CCC/C=C\C[C@@H]1[C@@H](CO[Si](c2ccccc2)(c2ccccc2)C(C)(C)C)[C@H]2C[C@]1(c1ccc(F)cc1)CO2. The Morgan fingerprint density at radius 3 is 2.19 bits per heavy atom. The summed E-state index contributed by atoms with van der Waals surface area (Å²) in [5, 5.41) is 2.43. The van der Waals surface area contributed by atoms with Crippen molar-refractivity contribution in [2.45, 2.75) is 69.4 Å². The molecular weight excluding hydrogens is 555 g/mol.